The van der Waals surface area contributed by atoms with E-state index in [1.807, 2.05) is 0 Å². The van der Waals surface area contributed by atoms with Gasteiger partial charge in [0, 0.05) is 13.0 Å². The zero-order valence-electron chi connectivity index (χ0n) is 11.6. The van der Waals surface area contributed by atoms with Crippen molar-refractivity contribution >= 4 is 0 Å². The van der Waals surface area contributed by atoms with Crippen molar-refractivity contribution in [3.8, 4) is 11.8 Å². The van der Waals surface area contributed by atoms with Crippen LogP contribution in [0.25, 0.3) is 0 Å². The first kappa shape index (κ1) is 15.7. The maximum Gasteiger partial charge on any atom is 0.138 e. The quantitative estimate of drug-likeness (QED) is 0.632. The van der Waals surface area contributed by atoms with Crippen LogP contribution in [0.1, 0.15) is 37.8 Å². The molecule has 0 aliphatic rings. The number of benzene rings is 1. The third-order valence-corrected chi connectivity index (χ3v) is 2.60. The molecule has 0 aromatic heterocycles. The molecular weight excluding hydrogens is 243 g/mol. The van der Waals surface area contributed by atoms with E-state index in [9.17, 15) is 4.39 Å². The summed E-state index contributed by atoms with van der Waals surface area (Å²) in [5.41, 5.74) is 1.27. The normalized spacial score (nSPS) is 10.4. The fourth-order valence-electron chi connectivity index (χ4n) is 1.48. The van der Waals surface area contributed by atoms with E-state index < -0.39 is 0 Å². The summed E-state index contributed by atoms with van der Waals surface area (Å²) < 4.78 is 19.0. The van der Waals surface area contributed by atoms with Crippen molar-refractivity contribution < 1.29 is 14.2 Å². The Balaban J connectivity index is 2.56. The Bertz CT molecular complexity index is 444. The summed E-state index contributed by atoms with van der Waals surface area (Å²) in [6.07, 6.45) is 1.37. The maximum atomic E-state index is 13.5. The minimum Gasteiger partial charge on any atom is -0.395 e. The summed E-state index contributed by atoms with van der Waals surface area (Å²) in [6.45, 7) is 5.47. The van der Waals surface area contributed by atoms with Crippen LogP contribution in [0.3, 0.4) is 0 Å². The van der Waals surface area contributed by atoms with Gasteiger partial charge in [-0.25, -0.2) is 4.39 Å². The fourth-order valence-corrected chi connectivity index (χ4v) is 1.48. The maximum absolute atomic E-state index is 13.5. The second-order valence-corrected chi connectivity index (χ2v) is 4.82. The summed E-state index contributed by atoms with van der Waals surface area (Å²) >= 11 is 0. The molecule has 0 saturated carbocycles. The molecule has 1 aromatic carbocycles. The second kappa shape index (κ2) is 8.68. The summed E-state index contributed by atoms with van der Waals surface area (Å²) in [7, 11) is 0. The highest BCUT2D eigenvalue weighted by Crippen LogP contribution is 2.11. The van der Waals surface area contributed by atoms with Crippen LogP contribution in [-0.2, 0) is 11.3 Å². The molecule has 19 heavy (non-hydrogen) atoms. The lowest BCUT2D eigenvalue weighted by Gasteiger charge is -2.07. The van der Waals surface area contributed by atoms with Gasteiger partial charge in [0.2, 0.25) is 0 Å². The van der Waals surface area contributed by atoms with Gasteiger partial charge in [0.05, 0.1) is 18.8 Å². The Morgan fingerprint density at radius 1 is 1.37 bits per heavy atom. The van der Waals surface area contributed by atoms with E-state index in [0.29, 0.717) is 31.1 Å². The van der Waals surface area contributed by atoms with E-state index in [4.69, 9.17) is 9.84 Å². The number of hydrogen-bond acceptors (Lipinski definition) is 2. The van der Waals surface area contributed by atoms with E-state index in [0.717, 1.165) is 12.0 Å². The van der Waals surface area contributed by atoms with E-state index in [1.165, 1.54) is 6.07 Å². The SMILES string of the molecule is CC(C)CCOCc1ccc(F)c(C#CCCO)c1. The molecule has 0 amide bonds. The van der Waals surface area contributed by atoms with Crippen LogP contribution >= 0.6 is 0 Å². The van der Waals surface area contributed by atoms with Gasteiger partial charge in [-0.3, -0.25) is 0 Å². The molecule has 3 heteroatoms. The van der Waals surface area contributed by atoms with Crippen molar-refractivity contribution in [3.63, 3.8) is 0 Å². The monoisotopic (exact) mass is 264 g/mol. The predicted molar refractivity (Wildman–Crippen MR) is 74.1 cm³/mol. The largest absolute Gasteiger partial charge is 0.395 e. The number of hydrogen-bond donors (Lipinski definition) is 1. The molecule has 0 bridgehead atoms. The Kier molecular flexibility index (Phi) is 7.17. The highest BCUT2D eigenvalue weighted by molar-refractivity contribution is 5.38. The van der Waals surface area contributed by atoms with Crippen molar-refractivity contribution in [1.82, 2.24) is 0 Å². The van der Waals surface area contributed by atoms with Crippen LogP contribution in [0.4, 0.5) is 4.39 Å². The molecule has 0 aliphatic heterocycles. The topological polar surface area (TPSA) is 29.5 Å². The van der Waals surface area contributed by atoms with Gasteiger partial charge in [-0.1, -0.05) is 31.8 Å². The lowest BCUT2D eigenvalue weighted by molar-refractivity contribution is 0.110. The van der Waals surface area contributed by atoms with Gasteiger partial charge in [0.1, 0.15) is 5.82 Å². The van der Waals surface area contributed by atoms with Crippen molar-refractivity contribution in [3.05, 3.63) is 35.1 Å². The summed E-state index contributed by atoms with van der Waals surface area (Å²) in [4.78, 5) is 0. The summed E-state index contributed by atoms with van der Waals surface area (Å²) in [6, 6.07) is 4.82. The molecular formula is C16H21FO2. The molecule has 1 aromatic rings. The molecule has 0 atom stereocenters. The average Bonchev–Trinajstić information content (AvgIpc) is 2.38. The number of halogens is 1. The zero-order chi connectivity index (χ0) is 14.1. The summed E-state index contributed by atoms with van der Waals surface area (Å²) in [5.74, 6) is 5.73. The van der Waals surface area contributed by atoms with Crippen molar-refractivity contribution in [2.75, 3.05) is 13.2 Å². The van der Waals surface area contributed by atoms with Gasteiger partial charge in [-0.05, 0) is 30.0 Å². The molecule has 0 radical (unpaired) electrons. The van der Waals surface area contributed by atoms with E-state index in [-0.39, 0.29) is 12.4 Å². The van der Waals surface area contributed by atoms with Gasteiger partial charge in [0.25, 0.3) is 0 Å². The number of aliphatic hydroxyl groups excluding tert-OH is 1. The minimum absolute atomic E-state index is 0.00732. The smallest absolute Gasteiger partial charge is 0.138 e. The Hall–Kier alpha value is -1.37. The molecule has 104 valence electrons. The number of aliphatic hydroxyl groups is 1. The van der Waals surface area contributed by atoms with Crippen molar-refractivity contribution in [2.45, 2.75) is 33.3 Å². The lowest BCUT2D eigenvalue weighted by atomic mass is 10.1. The van der Waals surface area contributed by atoms with Crippen molar-refractivity contribution in [1.29, 1.82) is 0 Å². The first-order valence-electron chi connectivity index (χ1n) is 6.59. The first-order valence-corrected chi connectivity index (χ1v) is 6.59. The lowest BCUT2D eigenvalue weighted by Crippen LogP contribution is -2.00. The molecule has 0 saturated heterocycles. The molecule has 0 fully saturated rings. The standard InChI is InChI=1S/C16H21FO2/c1-13(2)8-10-19-12-14-6-7-16(17)15(11-14)5-3-4-9-18/h6-7,11,13,18H,4,8-10,12H2,1-2H3. The van der Waals surface area contributed by atoms with Crippen LogP contribution in [0.2, 0.25) is 0 Å². The Morgan fingerprint density at radius 2 is 2.16 bits per heavy atom. The van der Waals surface area contributed by atoms with Crippen LogP contribution in [0, 0.1) is 23.6 Å². The van der Waals surface area contributed by atoms with Crippen LogP contribution in [-0.4, -0.2) is 18.3 Å². The second-order valence-electron chi connectivity index (χ2n) is 4.82. The van der Waals surface area contributed by atoms with Crippen LogP contribution in [0.5, 0.6) is 0 Å². The molecule has 1 N–H and O–H groups in total. The van der Waals surface area contributed by atoms with Gasteiger partial charge >= 0.3 is 0 Å². The molecule has 1 rings (SSSR count). The first-order chi connectivity index (χ1) is 9.13. The Labute approximate surface area is 114 Å². The molecule has 0 heterocycles. The molecule has 0 aliphatic carbocycles. The zero-order valence-corrected chi connectivity index (χ0v) is 11.6. The number of rotatable bonds is 6. The van der Waals surface area contributed by atoms with Gasteiger partial charge in [0.15, 0.2) is 0 Å². The summed E-state index contributed by atoms with van der Waals surface area (Å²) in [5, 5.41) is 8.64. The fraction of sp³-hybridized carbons (Fsp3) is 0.500. The van der Waals surface area contributed by atoms with Gasteiger partial charge < -0.3 is 9.84 Å². The Morgan fingerprint density at radius 3 is 2.84 bits per heavy atom. The highest BCUT2D eigenvalue weighted by Gasteiger charge is 2.02. The van der Waals surface area contributed by atoms with Crippen LogP contribution in [0.15, 0.2) is 18.2 Å². The third-order valence-electron chi connectivity index (χ3n) is 2.60. The molecule has 0 unspecified atom stereocenters. The molecule has 0 spiro atoms. The minimum atomic E-state index is -0.337. The molecule has 2 nitrogen and oxygen atoms in total. The highest BCUT2D eigenvalue weighted by atomic mass is 19.1. The van der Waals surface area contributed by atoms with E-state index >= 15 is 0 Å². The van der Waals surface area contributed by atoms with Crippen molar-refractivity contribution in [2.24, 2.45) is 5.92 Å². The van der Waals surface area contributed by atoms with E-state index in [2.05, 4.69) is 25.7 Å². The van der Waals surface area contributed by atoms with Gasteiger partial charge in [-0.2, -0.15) is 0 Å². The van der Waals surface area contributed by atoms with Crippen LogP contribution < -0.4 is 0 Å². The predicted octanol–water partition coefficient (Wildman–Crippen LogP) is 3.12. The van der Waals surface area contributed by atoms with Gasteiger partial charge in [-0.15, -0.1) is 0 Å². The third kappa shape index (κ3) is 6.37. The average molecular weight is 264 g/mol. The number of ether oxygens (including phenoxy) is 1. The van der Waals surface area contributed by atoms with E-state index in [1.54, 1.807) is 12.1 Å².